The van der Waals surface area contributed by atoms with E-state index in [1.807, 2.05) is 37.3 Å². The van der Waals surface area contributed by atoms with Crippen molar-refractivity contribution in [2.75, 3.05) is 26.2 Å². The second-order valence-electron chi connectivity index (χ2n) is 7.65. The SMILES string of the molecule is Cc1ccc(F)cc1C(=O)N1CCN(C(c2ccccc2)c2ccc(F)cc2)CC1. The molecule has 0 N–H and O–H groups in total. The highest BCUT2D eigenvalue weighted by Crippen LogP contribution is 2.30. The Kier molecular flexibility index (Phi) is 5.91. The lowest BCUT2D eigenvalue weighted by atomic mass is 9.96. The van der Waals surface area contributed by atoms with Crippen LogP contribution in [0.15, 0.2) is 72.8 Å². The summed E-state index contributed by atoms with van der Waals surface area (Å²) in [6.07, 6.45) is 0. The lowest BCUT2D eigenvalue weighted by Crippen LogP contribution is -2.50. The monoisotopic (exact) mass is 406 g/mol. The van der Waals surface area contributed by atoms with E-state index in [0.29, 0.717) is 31.7 Å². The predicted octanol–water partition coefficient (Wildman–Crippen LogP) is 4.82. The Morgan fingerprint density at radius 3 is 2.07 bits per heavy atom. The molecular formula is C25H24F2N2O. The maximum Gasteiger partial charge on any atom is 0.254 e. The average Bonchev–Trinajstić information content (AvgIpc) is 2.78. The Balaban J connectivity index is 1.53. The van der Waals surface area contributed by atoms with Crippen LogP contribution in [0.1, 0.15) is 33.1 Å². The Labute approximate surface area is 175 Å². The van der Waals surface area contributed by atoms with Gasteiger partial charge in [0, 0.05) is 31.7 Å². The largest absolute Gasteiger partial charge is 0.336 e. The third-order valence-electron chi connectivity index (χ3n) is 5.70. The molecule has 0 aliphatic carbocycles. The summed E-state index contributed by atoms with van der Waals surface area (Å²) in [5.41, 5.74) is 3.34. The van der Waals surface area contributed by atoms with Crippen LogP contribution in [0.3, 0.4) is 0 Å². The fourth-order valence-corrected chi connectivity index (χ4v) is 4.07. The quantitative estimate of drug-likeness (QED) is 0.620. The smallest absolute Gasteiger partial charge is 0.254 e. The van der Waals surface area contributed by atoms with Crippen molar-refractivity contribution >= 4 is 5.91 Å². The van der Waals surface area contributed by atoms with Crippen molar-refractivity contribution in [3.63, 3.8) is 0 Å². The molecule has 0 radical (unpaired) electrons. The van der Waals surface area contributed by atoms with Crippen LogP contribution < -0.4 is 0 Å². The summed E-state index contributed by atoms with van der Waals surface area (Å²) in [5, 5.41) is 0. The van der Waals surface area contributed by atoms with Gasteiger partial charge in [0.1, 0.15) is 11.6 Å². The topological polar surface area (TPSA) is 23.6 Å². The summed E-state index contributed by atoms with van der Waals surface area (Å²) in [7, 11) is 0. The molecule has 1 fully saturated rings. The maximum atomic E-state index is 13.6. The van der Waals surface area contributed by atoms with E-state index in [9.17, 15) is 13.6 Å². The first kappa shape index (κ1) is 20.2. The van der Waals surface area contributed by atoms with Gasteiger partial charge in [0.25, 0.3) is 5.91 Å². The molecule has 3 nitrogen and oxygen atoms in total. The molecule has 0 bridgehead atoms. The van der Waals surface area contributed by atoms with Crippen molar-refractivity contribution in [1.82, 2.24) is 9.80 Å². The van der Waals surface area contributed by atoms with Crippen molar-refractivity contribution < 1.29 is 13.6 Å². The molecule has 0 saturated carbocycles. The van der Waals surface area contributed by atoms with E-state index in [1.165, 1.54) is 24.3 Å². The molecule has 1 amide bonds. The number of piperazine rings is 1. The first-order chi connectivity index (χ1) is 14.5. The summed E-state index contributed by atoms with van der Waals surface area (Å²) in [6, 6.07) is 21.0. The number of carbonyl (C=O) groups is 1. The van der Waals surface area contributed by atoms with Crippen LogP contribution in [-0.4, -0.2) is 41.9 Å². The first-order valence-corrected chi connectivity index (χ1v) is 10.1. The minimum atomic E-state index is -0.400. The summed E-state index contributed by atoms with van der Waals surface area (Å²) < 4.78 is 27.1. The van der Waals surface area contributed by atoms with Crippen molar-refractivity contribution in [2.24, 2.45) is 0 Å². The Morgan fingerprint density at radius 1 is 0.800 bits per heavy atom. The zero-order valence-electron chi connectivity index (χ0n) is 16.9. The summed E-state index contributed by atoms with van der Waals surface area (Å²) in [5.74, 6) is -0.792. The molecule has 154 valence electrons. The standard InChI is InChI=1S/C25H24F2N2O/c1-18-7-10-22(27)17-23(18)25(30)29-15-13-28(14-16-29)24(19-5-3-2-4-6-19)20-8-11-21(26)12-9-20/h2-12,17,24H,13-16H2,1H3. The second-order valence-corrected chi connectivity index (χ2v) is 7.65. The molecule has 30 heavy (non-hydrogen) atoms. The van der Waals surface area contributed by atoms with Crippen LogP contribution in [0, 0.1) is 18.6 Å². The van der Waals surface area contributed by atoms with Crippen molar-refractivity contribution in [1.29, 1.82) is 0 Å². The van der Waals surface area contributed by atoms with Crippen LogP contribution in [0.4, 0.5) is 8.78 Å². The highest BCUT2D eigenvalue weighted by Gasteiger charge is 2.29. The fourth-order valence-electron chi connectivity index (χ4n) is 4.07. The van der Waals surface area contributed by atoms with Gasteiger partial charge in [-0.05, 0) is 47.9 Å². The molecule has 4 rings (SSSR count). The minimum Gasteiger partial charge on any atom is -0.336 e. The van der Waals surface area contributed by atoms with Gasteiger partial charge in [-0.1, -0.05) is 48.5 Å². The van der Waals surface area contributed by atoms with E-state index in [-0.39, 0.29) is 17.8 Å². The van der Waals surface area contributed by atoms with Gasteiger partial charge in [0.15, 0.2) is 0 Å². The van der Waals surface area contributed by atoms with E-state index in [0.717, 1.165) is 16.7 Å². The molecule has 0 spiro atoms. The number of carbonyl (C=O) groups excluding carboxylic acids is 1. The van der Waals surface area contributed by atoms with Crippen LogP contribution in [-0.2, 0) is 0 Å². The number of hydrogen-bond acceptors (Lipinski definition) is 2. The lowest BCUT2D eigenvalue weighted by Gasteiger charge is -2.40. The van der Waals surface area contributed by atoms with Crippen molar-refractivity contribution in [2.45, 2.75) is 13.0 Å². The Bertz CT molecular complexity index is 1010. The number of aryl methyl sites for hydroxylation is 1. The van der Waals surface area contributed by atoms with Gasteiger partial charge in [0.05, 0.1) is 6.04 Å². The molecule has 3 aromatic rings. The van der Waals surface area contributed by atoms with E-state index in [2.05, 4.69) is 17.0 Å². The van der Waals surface area contributed by atoms with Crippen LogP contribution in [0.2, 0.25) is 0 Å². The van der Waals surface area contributed by atoms with Gasteiger partial charge in [-0.3, -0.25) is 9.69 Å². The molecule has 5 heteroatoms. The summed E-state index contributed by atoms with van der Waals surface area (Å²) >= 11 is 0. The third-order valence-corrected chi connectivity index (χ3v) is 5.70. The van der Waals surface area contributed by atoms with Gasteiger partial charge in [-0.25, -0.2) is 8.78 Å². The van der Waals surface area contributed by atoms with E-state index in [4.69, 9.17) is 0 Å². The highest BCUT2D eigenvalue weighted by atomic mass is 19.1. The van der Waals surface area contributed by atoms with E-state index < -0.39 is 5.82 Å². The maximum absolute atomic E-state index is 13.6. The highest BCUT2D eigenvalue weighted by molar-refractivity contribution is 5.95. The summed E-state index contributed by atoms with van der Waals surface area (Å²) in [6.45, 7) is 4.29. The molecule has 1 aliphatic heterocycles. The molecule has 1 unspecified atom stereocenters. The number of benzene rings is 3. The van der Waals surface area contributed by atoms with E-state index in [1.54, 1.807) is 11.0 Å². The molecular weight excluding hydrogens is 382 g/mol. The van der Waals surface area contributed by atoms with Crippen molar-refractivity contribution in [3.8, 4) is 0 Å². The zero-order valence-corrected chi connectivity index (χ0v) is 16.9. The number of rotatable bonds is 4. The average molecular weight is 406 g/mol. The number of nitrogens with zero attached hydrogens (tertiary/aromatic N) is 2. The molecule has 1 atom stereocenters. The third kappa shape index (κ3) is 4.26. The van der Waals surface area contributed by atoms with Crippen molar-refractivity contribution in [3.05, 3.63) is 107 Å². The minimum absolute atomic E-state index is 0.0139. The van der Waals surface area contributed by atoms with Gasteiger partial charge in [-0.2, -0.15) is 0 Å². The number of hydrogen-bond donors (Lipinski definition) is 0. The molecule has 1 aliphatic rings. The fraction of sp³-hybridized carbons (Fsp3) is 0.240. The van der Waals surface area contributed by atoms with Crippen LogP contribution in [0.5, 0.6) is 0 Å². The predicted molar refractivity (Wildman–Crippen MR) is 113 cm³/mol. The first-order valence-electron chi connectivity index (χ1n) is 10.1. The molecule has 0 aromatic heterocycles. The van der Waals surface area contributed by atoms with Crippen LogP contribution >= 0.6 is 0 Å². The molecule has 1 saturated heterocycles. The van der Waals surface area contributed by atoms with Gasteiger partial charge < -0.3 is 4.90 Å². The number of amides is 1. The number of halogens is 2. The zero-order chi connectivity index (χ0) is 21.1. The Morgan fingerprint density at radius 2 is 1.40 bits per heavy atom. The molecule has 3 aromatic carbocycles. The van der Waals surface area contributed by atoms with Crippen LogP contribution in [0.25, 0.3) is 0 Å². The summed E-state index contributed by atoms with van der Waals surface area (Å²) in [4.78, 5) is 17.0. The van der Waals surface area contributed by atoms with Gasteiger partial charge in [-0.15, -0.1) is 0 Å². The van der Waals surface area contributed by atoms with Gasteiger partial charge in [0.2, 0.25) is 0 Å². The van der Waals surface area contributed by atoms with E-state index >= 15 is 0 Å². The molecule has 1 heterocycles. The Hall–Kier alpha value is -3.05. The normalized spacial score (nSPS) is 15.8. The second kappa shape index (κ2) is 8.76. The lowest BCUT2D eigenvalue weighted by molar-refractivity contribution is 0.0596. The van der Waals surface area contributed by atoms with Gasteiger partial charge >= 0.3 is 0 Å².